The summed E-state index contributed by atoms with van der Waals surface area (Å²) in [6.07, 6.45) is 4.45. The Morgan fingerprint density at radius 3 is 2.65 bits per heavy atom. The number of piperidine rings is 1. The lowest BCUT2D eigenvalue weighted by atomic mass is 9.93. The van der Waals surface area contributed by atoms with Crippen LogP contribution >= 0.6 is 24.0 Å². The molecule has 2 rings (SSSR count). The van der Waals surface area contributed by atoms with Crippen LogP contribution in [0.1, 0.15) is 31.7 Å². The van der Waals surface area contributed by atoms with Crippen molar-refractivity contribution in [2.75, 3.05) is 33.8 Å². The second-order valence-electron chi connectivity index (χ2n) is 6.19. The van der Waals surface area contributed by atoms with Gasteiger partial charge < -0.3 is 20.3 Å². The Bertz CT molecular complexity index is 571. The third-order valence-electron chi connectivity index (χ3n) is 4.42. The number of aliphatic imine (C=N–C) groups is 1. The van der Waals surface area contributed by atoms with Crippen molar-refractivity contribution >= 4 is 35.8 Å². The number of aromatic nitrogens is 1. The zero-order valence-electron chi connectivity index (χ0n) is 15.8. The van der Waals surface area contributed by atoms with Crippen molar-refractivity contribution in [3.8, 4) is 5.88 Å². The molecule has 7 nitrogen and oxygen atoms in total. The number of guanidine groups is 1. The smallest absolute Gasteiger partial charge is 0.220 e. The number of nitrogens with one attached hydrogen (secondary N) is 2. The first-order valence-corrected chi connectivity index (χ1v) is 8.89. The summed E-state index contributed by atoms with van der Waals surface area (Å²) >= 11 is 0. The van der Waals surface area contributed by atoms with Gasteiger partial charge in [0.05, 0.1) is 13.7 Å². The number of carbonyl (C=O) groups is 1. The van der Waals surface area contributed by atoms with Gasteiger partial charge in [-0.2, -0.15) is 0 Å². The Morgan fingerprint density at radius 1 is 1.38 bits per heavy atom. The molecule has 0 saturated carbocycles. The van der Waals surface area contributed by atoms with Gasteiger partial charge in [-0.15, -0.1) is 24.0 Å². The zero-order chi connectivity index (χ0) is 18.1. The molecule has 1 amide bonds. The van der Waals surface area contributed by atoms with Crippen molar-refractivity contribution in [2.45, 2.75) is 32.7 Å². The molecule has 2 heterocycles. The molecule has 0 radical (unpaired) electrons. The maximum Gasteiger partial charge on any atom is 0.220 e. The maximum absolute atomic E-state index is 11.5. The first-order valence-electron chi connectivity index (χ1n) is 8.89. The van der Waals surface area contributed by atoms with E-state index in [-0.39, 0.29) is 29.9 Å². The third-order valence-corrected chi connectivity index (χ3v) is 4.42. The standard InChI is InChI=1S/C18H29N5O2.HI/c1-4-20-18(22-13-15-5-6-17(25-3)21-12-15)23-9-7-14(8-10-23)11-16(24)19-2;/h5-6,12,14H,4,7-11,13H2,1-3H3,(H,19,24)(H,20,22);1H. The van der Waals surface area contributed by atoms with Gasteiger partial charge in [0.2, 0.25) is 11.8 Å². The molecule has 0 aliphatic carbocycles. The van der Waals surface area contributed by atoms with E-state index in [1.165, 1.54) is 0 Å². The summed E-state index contributed by atoms with van der Waals surface area (Å²) in [6.45, 7) is 5.33. The van der Waals surface area contributed by atoms with Crippen molar-refractivity contribution in [2.24, 2.45) is 10.9 Å². The second kappa shape index (κ2) is 11.9. The van der Waals surface area contributed by atoms with Crippen LogP contribution in [-0.4, -0.2) is 55.5 Å². The van der Waals surface area contributed by atoms with Gasteiger partial charge >= 0.3 is 0 Å². The summed E-state index contributed by atoms with van der Waals surface area (Å²) in [7, 11) is 3.30. The van der Waals surface area contributed by atoms with Crippen molar-refractivity contribution in [3.05, 3.63) is 23.9 Å². The van der Waals surface area contributed by atoms with E-state index < -0.39 is 0 Å². The first kappa shape index (κ1) is 22.5. The molecule has 146 valence electrons. The number of hydrogen-bond acceptors (Lipinski definition) is 4. The number of pyridine rings is 1. The van der Waals surface area contributed by atoms with Crippen LogP contribution in [0.2, 0.25) is 0 Å². The normalized spacial score (nSPS) is 15.2. The predicted octanol–water partition coefficient (Wildman–Crippen LogP) is 2.02. The number of ether oxygens (including phenoxy) is 1. The largest absolute Gasteiger partial charge is 0.481 e. The van der Waals surface area contributed by atoms with E-state index in [0.29, 0.717) is 24.8 Å². The van der Waals surface area contributed by atoms with Gasteiger partial charge in [0.1, 0.15) is 0 Å². The van der Waals surface area contributed by atoms with Crippen LogP contribution in [0.3, 0.4) is 0 Å². The molecule has 0 bridgehead atoms. The number of amides is 1. The summed E-state index contributed by atoms with van der Waals surface area (Å²) in [5, 5.41) is 6.07. The van der Waals surface area contributed by atoms with Crippen LogP contribution in [0.25, 0.3) is 0 Å². The maximum atomic E-state index is 11.5. The summed E-state index contributed by atoms with van der Waals surface area (Å²) in [4.78, 5) is 22.8. The number of rotatable bonds is 6. The van der Waals surface area contributed by atoms with E-state index in [9.17, 15) is 4.79 Å². The topological polar surface area (TPSA) is 78.9 Å². The molecule has 1 aliphatic rings. The number of methoxy groups -OCH3 is 1. The average Bonchev–Trinajstić information content (AvgIpc) is 2.66. The fourth-order valence-electron chi connectivity index (χ4n) is 2.93. The molecule has 0 spiro atoms. The van der Waals surface area contributed by atoms with Gasteiger partial charge in [0.25, 0.3) is 0 Å². The van der Waals surface area contributed by atoms with Crippen LogP contribution in [0.15, 0.2) is 23.3 Å². The van der Waals surface area contributed by atoms with Crippen LogP contribution in [0.4, 0.5) is 0 Å². The molecule has 8 heteroatoms. The van der Waals surface area contributed by atoms with Gasteiger partial charge in [-0.05, 0) is 31.2 Å². The molecule has 26 heavy (non-hydrogen) atoms. The molecule has 1 fully saturated rings. The van der Waals surface area contributed by atoms with Gasteiger partial charge in [-0.25, -0.2) is 9.98 Å². The lowest BCUT2D eigenvalue weighted by molar-refractivity contribution is -0.121. The van der Waals surface area contributed by atoms with Gasteiger partial charge in [-0.3, -0.25) is 4.79 Å². The quantitative estimate of drug-likeness (QED) is 0.374. The van der Waals surface area contributed by atoms with Crippen molar-refractivity contribution < 1.29 is 9.53 Å². The van der Waals surface area contributed by atoms with E-state index in [2.05, 4.69) is 27.4 Å². The summed E-state index contributed by atoms with van der Waals surface area (Å²) in [6, 6.07) is 3.83. The van der Waals surface area contributed by atoms with Gasteiger partial charge in [0, 0.05) is 45.4 Å². The molecule has 2 N–H and O–H groups in total. The molecule has 0 unspecified atom stereocenters. The summed E-state index contributed by atoms with van der Waals surface area (Å²) < 4.78 is 5.08. The van der Waals surface area contributed by atoms with Crippen LogP contribution in [0, 0.1) is 5.92 Å². The zero-order valence-corrected chi connectivity index (χ0v) is 18.2. The molecule has 1 aromatic heterocycles. The Balaban J connectivity index is 0.00000338. The first-order chi connectivity index (χ1) is 12.2. The van der Waals surface area contributed by atoms with E-state index >= 15 is 0 Å². The number of likely N-dealkylation sites (tertiary alicyclic amines) is 1. The van der Waals surface area contributed by atoms with Crippen molar-refractivity contribution in [1.82, 2.24) is 20.5 Å². The third kappa shape index (κ3) is 6.97. The molecular weight excluding hydrogens is 445 g/mol. The van der Waals surface area contributed by atoms with Crippen molar-refractivity contribution in [1.29, 1.82) is 0 Å². The minimum Gasteiger partial charge on any atom is -0.481 e. The van der Waals surface area contributed by atoms with Gasteiger partial charge in [-0.1, -0.05) is 6.07 Å². The number of hydrogen-bond donors (Lipinski definition) is 2. The molecule has 1 aliphatic heterocycles. The van der Waals surface area contributed by atoms with E-state index in [0.717, 1.165) is 44.0 Å². The Kier molecular flexibility index (Phi) is 10.3. The lowest BCUT2D eigenvalue weighted by Crippen LogP contribution is -2.46. The minimum absolute atomic E-state index is 0. The SMILES string of the molecule is CCNC(=NCc1ccc(OC)nc1)N1CCC(CC(=O)NC)CC1.I. The Morgan fingerprint density at radius 2 is 2.12 bits per heavy atom. The fourth-order valence-corrected chi connectivity index (χ4v) is 2.93. The highest BCUT2D eigenvalue weighted by Crippen LogP contribution is 2.20. The van der Waals surface area contributed by atoms with Crippen LogP contribution in [-0.2, 0) is 11.3 Å². The Hall–Kier alpha value is -1.58. The second-order valence-corrected chi connectivity index (χ2v) is 6.19. The van der Waals surface area contributed by atoms with Crippen molar-refractivity contribution in [3.63, 3.8) is 0 Å². The molecule has 1 aromatic rings. The Labute approximate surface area is 173 Å². The monoisotopic (exact) mass is 475 g/mol. The number of nitrogens with zero attached hydrogens (tertiary/aromatic N) is 3. The highest BCUT2D eigenvalue weighted by Gasteiger charge is 2.23. The van der Waals surface area contributed by atoms with E-state index in [1.807, 2.05) is 12.1 Å². The molecule has 0 aromatic carbocycles. The number of carbonyl (C=O) groups excluding carboxylic acids is 1. The lowest BCUT2D eigenvalue weighted by Gasteiger charge is -2.34. The molecular formula is C18H30IN5O2. The van der Waals surface area contributed by atoms with Gasteiger partial charge in [0.15, 0.2) is 5.96 Å². The summed E-state index contributed by atoms with van der Waals surface area (Å²) in [5.41, 5.74) is 1.05. The predicted molar refractivity (Wildman–Crippen MR) is 114 cm³/mol. The molecule has 1 saturated heterocycles. The highest BCUT2D eigenvalue weighted by molar-refractivity contribution is 14.0. The minimum atomic E-state index is 0. The average molecular weight is 475 g/mol. The van der Waals surface area contributed by atoms with E-state index in [1.54, 1.807) is 20.4 Å². The van der Waals surface area contributed by atoms with Crippen LogP contribution in [0.5, 0.6) is 5.88 Å². The summed E-state index contributed by atoms with van der Waals surface area (Å²) in [5.74, 6) is 2.13. The highest BCUT2D eigenvalue weighted by atomic mass is 127. The number of halogens is 1. The fraction of sp³-hybridized carbons (Fsp3) is 0.611. The molecule has 0 atom stereocenters. The van der Waals surface area contributed by atoms with E-state index in [4.69, 9.17) is 9.73 Å². The van der Waals surface area contributed by atoms with Crippen LogP contribution < -0.4 is 15.4 Å².